The number of nitrogens with zero attached hydrogens (tertiary/aromatic N) is 2. The molecule has 0 bridgehead atoms. The Morgan fingerprint density at radius 1 is 1.32 bits per heavy atom. The summed E-state index contributed by atoms with van der Waals surface area (Å²) in [5.74, 6) is 0.116. The Morgan fingerprint density at radius 2 is 1.95 bits per heavy atom. The van der Waals surface area contributed by atoms with Gasteiger partial charge in [-0.3, -0.25) is 4.79 Å². The third-order valence-electron chi connectivity index (χ3n) is 2.42. The Bertz CT molecular complexity index is 468. The summed E-state index contributed by atoms with van der Waals surface area (Å²) < 4.78 is 9.61. The van der Waals surface area contributed by atoms with Gasteiger partial charge in [-0.05, 0) is 30.7 Å². The van der Waals surface area contributed by atoms with Crippen LogP contribution in [0.15, 0.2) is 29.4 Å². The number of carbonyl (C=O) groups is 2. The maximum atomic E-state index is 11.4. The molecule has 0 N–H and O–H groups in total. The van der Waals surface area contributed by atoms with Crippen LogP contribution >= 0.6 is 0 Å². The SMILES string of the molecule is CC/C(=N\N(C=O)c1ccc(OC)cc1)C(=O)OC. The van der Waals surface area contributed by atoms with Gasteiger partial charge >= 0.3 is 5.97 Å². The first kappa shape index (κ1) is 14.7. The fourth-order valence-corrected chi connectivity index (χ4v) is 1.38. The molecule has 1 rings (SSSR count). The van der Waals surface area contributed by atoms with Crippen molar-refractivity contribution in [2.45, 2.75) is 13.3 Å². The van der Waals surface area contributed by atoms with E-state index in [1.54, 1.807) is 38.3 Å². The van der Waals surface area contributed by atoms with Crippen LogP contribution in [0.5, 0.6) is 5.75 Å². The summed E-state index contributed by atoms with van der Waals surface area (Å²) in [6.45, 7) is 1.76. The van der Waals surface area contributed by atoms with Gasteiger partial charge in [0.25, 0.3) is 0 Å². The Labute approximate surface area is 111 Å². The second kappa shape index (κ2) is 7.15. The quantitative estimate of drug-likeness (QED) is 0.339. The number of esters is 1. The third kappa shape index (κ3) is 3.80. The normalized spacial score (nSPS) is 10.8. The molecular weight excluding hydrogens is 248 g/mol. The van der Waals surface area contributed by atoms with Crippen LogP contribution in [0.2, 0.25) is 0 Å². The summed E-state index contributed by atoms with van der Waals surface area (Å²) in [5, 5.41) is 5.05. The summed E-state index contributed by atoms with van der Waals surface area (Å²) in [6.07, 6.45) is 0.896. The molecule has 0 aliphatic carbocycles. The zero-order valence-corrected chi connectivity index (χ0v) is 11.1. The van der Waals surface area contributed by atoms with E-state index >= 15 is 0 Å². The minimum absolute atomic E-state index is 0.172. The Hall–Kier alpha value is -2.37. The lowest BCUT2D eigenvalue weighted by molar-refractivity contribution is -0.132. The van der Waals surface area contributed by atoms with Crippen molar-refractivity contribution < 1.29 is 19.1 Å². The van der Waals surface area contributed by atoms with Crippen LogP contribution in [-0.4, -0.2) is 32.3 Å². The smallest absolute Gasteiger partial charge is 0.354 e. The van der Waals surface area contributed by atoms with E-state index < -0.39 is 5.97 Å². The van der Waals surface area contributed by atoms with Gasteiger partial charge in [0.1, 0.15) is 11.5 Å². The van der Waals surface area contributed by atoms with Gasteiger partial charge in [-0.1, -0.05) is 6.92 Å². The number of hydrogen-bond acceptors (Lipinski definition) is 5. The second-order valence-corrected chi connectivity index (χ2v) is 3.54. The lowest BCUT2D eigenvalue weighted by Crippen LogP contribution is -2.22. The average molecular weight is 264 g/mol. The predicted molar refractivity (Wildman–Crippen MR) is 71.3 cm³/mol. The van der Waals surface area contributed by atoms with Crippen molar-refractivity contribution >= 4 is 23.8 Å². The number of methoxy groups -OCH3 is 2. The minimum atomic E-state index is -0.553. The highest BCUT2D eigenvalue weighted by atomic mass is 16.5. The fraction of sp³-hybridized carbons (Fsp3) is 0.308. The summed E-state index contributed by atoms with van der Waals surface area (Å²) in [7, 11) is 2.82. The Kier molecular flexibility index (Phi) is 5.53. The van der Waals surface area contributed by atoms with Gasteiger partial charge in [0.05, 0.1) is 19.9 Å². The van der Waals surface area contributed by atoms with Gasteiger partial charge in [-0.25, -0.2) is 9.80 Å². The average Bonchev–Trinajstić information content (AvgIpc) is 2.48. The maximum absolute atomic E-state index is 11.4. The van der Waals surface area contributed by atoms with Gasteiger partial charge in [-0.2, -0.15) is 5.10 Å². The van der Waals surface area contributed by atoms with Gasteiger partial charge in [0, 0.05) is 0 Å². The first-order chi connectivity index (χ1) is 9.15. The highest BCUT2D eigenvalue weighted by Crippen LogP contribution is 2.18. The molecule has 6 nitrogen and oxygen atoms in total. The van der Waals surface area contributed by atoms with Crippen molar-refractivity contribution in [1.29, 1.82) is 0 Å². The highest BCUT2D eigenvalue weighted by Gasteiger charge is 2.12. The number of rotatable bonds is 6. The molecule has 0 fully saturated rings. The van der Waals surface area contributed by atoms with Crippen LogP contribution in [0.3, 0.4) is 0 Å². The first-order valence-electron chi connectivity index (χ1n) is 5.70. The van der Waals surface area contributed by atoms with Crippen LogP contribution in [0, 0.1) is 0 Å². The van der Waals surface area contributed by atoms with E-state index in [1.165, 1.54) is 7.11 Å². The molecule has 1 aromatic rings. The van der Waals surface area contributed by atoms with E-state index in [4.69, 9.17) is 4.74 Å². The Balaban J connectivity index is 3.01. The van der Waals surface area contributed by atoms with Crippen LogP contribution in [0.4, 0.5) is 5.69 Å². The van der Waals surface area contributed by atoms with E-state index in [0.29, 0.717) is 24.3 Å². The van der Waals surface area contributed by atoms with Crippen molar-refractivity contribution in [3.63, 3.8) is 0 Å². The molecule has 0 spiro atoms. The topological polar surface area (TPSA) is 68.2 Å². The van der Waals surface area contributed by atoms with Gasteiger partial charge in [0.15, 0.2) is 0 Å². The number of hydrogen-bond donors (Lipinski definition) is 0. The van der Waals surface area contributed by atoms with Crippen molar-refractivity contribution in [1.82, 2.24) is 0 Å². The molecule has 0 radical (unpaired) electrons. The standard InChI is InChI=1S/C13H16N2O4/c1-4-12(13(17)19-3)14-15(9-16)10-5-7-11(18-2)8-6-10/h5-9H,4H2,1-3H3/b14-12+. The number of amides is 1. The van der Waals surface area contributed by atoms with E-state index in [9.17, 15) is 9.59 Å². The van der Waals surface area contributed by atoms with E-state index in [0.717, 1.165) is 5.01 Å². The summed E-state index contributed by atoms with van der Waals surface area (Å²) in [5.41, 5.74) is 0.705. The zero-order valence-electron chi connectivity index (χ0n) is 11.1. The largest absolute Gasteiger partial charge is 0.497 e. The third-order valence-corrected chi connectivity index (χ3v) is 2.42. The van der Waals surface area contributed by atoms with Crippen molar-refractivity contribution in [3.8, 4) is 5.75 Å². The van der Waals surface area contributed by atoms with Gasteiger partial charge in [0.2, 0.25) is 6.41 Å². The predicted octanol–water partition coefficient (Wildman–Crippen LogP) is 1.60. The lowest BCUT2D eigenvalue weighted by Gasteiger charge is -2.13. The van der Waals surface area contributed by atoms with E-state index in [1.807, 2.05) is 0 Å². The molecule has 0 atom stereocenters. The molecule has 0 aliphatic rings. The molecule has 0 saturated carbocycles. The lowest BCUT2D eigenvalue weighted by atomic mass is 10.3. The van der Waals surface area contributed by atoms with E-state index in [2.05, 4.69) is 9.84 Å². The summed E-state index contributed by atoms with van der Waals surface area (Å²) in [6, 6.07) is 6.73. The number of anilines is 1. The molecule has 0 saturated heterocycles. The molecule has 0 aliphatic heterocycles. The fourth-order valence-electron chi connectivity index (χ4n) is 1.38. The van der Waals surface area contributed by atoms with Crippen molar-refractivity contribution in [2.75, 3.05) is 19.2 Å². The highest BCUT2D eigenvalue weighted by molar-refractivity contribution is 6.36. The molecular formula is C13H16N2O4. The van der Waals surface area contributed by atoms with Gasteiger partial charge in [-0.15, -0.1) is 0 Å². The minimum Gasteiger partial charge on any atom is -0.497 e. The second-order valence-electron chi connectivity index (χ2n) is 3.54. The monoisotopic (exact) mass is 264 g/mol. The number of benzene rings is 1. The Morgan fingerprint density at radius 3 is 2.37 bits per heavy atom. The summed E-state index contributed by atoms with van der Waals surface area (Å²) >= 11 is 0. The van der Waals surface area contributed by atoms with Crippen LogP contribution in [-0.2, 0) is 14.3 Å². The van der Waals surface area contributed by atoms with E-state index in [-0.39, 0.29) is 5.71 Å². The van der Waals surface area contributed by atoms with Gasteiger partial charge < -0.3 is 9.47 Å². The summed E-state index contributed by atoms with van der Waals surface area (Å²) in [4.78, 5) is 22.5. The molecule has 1 amide bonds. The molecule has 102 valence electrons. The van der Waals surface area contributed by atoms with Crippen LogP contribution < -0.4 is 9.75 Å². The molecule has 0 unspecified atom stereocenters. The maximum Gasteiger partial charge on any atom is 0.354 e. The number of ether oxygens (including phenoxy) is 2. The zero-order chi connectivity index (χ0) is 14.3. The molecule has 6 heteroatoms. The van der Waals surface area contributed by atoms with Crippen molar-refractivity contribution in [3.05, 3.63) is 24.3 Å². The first-order valence-corrected chi connectivity index (χ1v) is 5.70. The molecule has 19 heavy (non-hydrogen) atoms. The molecule has 0 heterocycles. The molecule has 0 aromatic heterocycles. The number of carbonyl (C=O) groups excluding carboxylic acids is 2. The van der Waals surface area contributed by atoms with Crippen LogP contribution in [0.25, 0.3) is 0 Å². The van der Waals surface area contributed by atoms with Crippen molar-refractivity contribution in [2.24, 2.45) is 5.10 Å². The van der Waals surface area contributed by atoms with Crippen LogP contribution in [0.1, 0.15) is 13.3 Å². The molecule has 1 aromatic carbocycles. The number of hydrazone groups is 1.